The van der Waals surface area contributed by atoms with Crippen LogP contribution < -0.4 is 0 Å². The number of nitrogens with zero attached hydrogens (tertiary/aromatic N) is 1. The normalized spacial score (nSPS) is 9.60. The molecule has 0 fully saturated rings. The number of hydroxylamine groups is 2. The van der Waals surface area contributed by atoms with Gasteiger partial charge in [-0.05, 0) is 0 Å². The smallest absolute Gasteiger partial charge is 0.281 e. The minimum Gasteiger partial charge on any atom is -0.345 e. The largest absolute Gasteiger partial charge is 0.345 e. The maximum Gasteiger partial charge on any atom is 0.281 e. The van der Waals surface area contributed by atoms with Crippen LogP contribution in [0.1, 0.15) is 0 Å². The van der Waals surface area contributed by atoms with Crippen molar-refractivity contribution in [2.45, 2.75) is 0 Å². The van der Waals surface area contributed by atoms with Crippen LogP contribution >= 0.6 is 0 Å². The van der Waals surface area contributed by atoms with Gasteiger partial charge >= 0.3 is 0 Å². The van der Waals surface area contributed by atoms with Gasteiger partial charge in [0.2, 0.25) is 0 Å². The Balaban J connectivity index is 2.54. The van der Waals surface area contributed by atoms with Crippen LogP contribution in [0, 0.1) is 0 Å². The Labute approximate surface area is 35.2 Å². The summed E-state index contributed by atoms with van der Waals surface area (Å²) in [6.45, 7) is 0. The molecule has 0 aliphatic heterocycles. The monoisotopic (exact) mass is 88.0 g/mol. The van der Waals surface area contributed by atoms with E-state index in [1.165, 1.54) is 5.06 Å². The molecule has 0 aromatic heterocycles. The summed E-state index contributed by atoms with van der Waals surface area (Å²) in [7, 11) is 6.35. The Hall–Kier alpha value is 0.137. The van der Waals surface area contributed by atoms with Crippen molar-refractivity contribution in [3.63, 3.8) is 0 Å². The van der Waals surface area contributed by atoms with E-state index in [9.17, 15) is 0 Å². The molecule has 0 aromatic rings. The van der Waals surface area contributed by atoms with E-state index in [0.29, 0.717) is 0 Å². The fraction of sp³-hybridized carbons (Fsp3) is 1.00. The molecule has 0 aliphatic rings. The van der Waals surface area contributed by atoms with E-state index in [-0.39, 0.29) is 0 Å². The van der Waals surface area contributed by atoms with Gasteiger partial charge in [0, 0.05) is 14.1 Å². The van der Waals surface area contributed by atoms with Crippen molar-refractivity contribution in [3.05, 3.63) is 0 Å². The van der Waals surface area contributed by atoms with Crippen molar-refractivity contribution in [2.75, 3.05) is 14.1 Å². The Morgan fingerprint density at radius 1 is 1.60 bits per heavy atom. The molecule has 0 spiro atoms. The third-order valence-electron chi connectivity index (χ3n) is 0.183. The lowest BCUT2D eigenvalue weighted by Crippen LogP contribution is -2.08. The number of hydrogen-bond acceptors (Lipinski definition) is 2. The summed E-state index contributed by atoms with van der Waals surface area (Å²) in [6.07, 6.45) is 0. The molecule has 3 heteroatoms. The first-order chi connectivity index (χ1) is 2.27. The first-order valence-electron chi connectivity index (χ1n) is 1.28. The van der Waals surface area contributed by atoms with Crippen LogP contribution in [0.3, 0.4) is 0 Å². The van der Waals surface area contributed by atoms with E-state index in [4.69, 9.17) is 0 Å². The van der Waals surface area contributed by atoms with E-state index in [1.807, 2.05) is 0 Å². The molecule has 0 aliphatic carbocycles. The van der Waals surface area contributed by atoms with Crippen molar-refractivity contribution in [1.82, 2.24) is 5.06 Å². The van der Waals surface area contributed by atoms with E-state index in [2.05, 4.69) is 15.0 Å². The van der Waals surface area contributed by atoms with Gasteiger partial charge in [0.25, 0.3) is 10.5 Å². The predicted molar refractivity (Wildman–Crippen MR) is 20.5 cm³/mol. The lowest BCUT2D eigenvalue weighted by atomic mass is 11.2. The molecule has 0 heterocycles. The molecule has 0 saturated heterocycles. The highest BCUT2D eigenvalue weighted by Gasteiger charge is 1.71. The predicted octanol–water partition coefficient (Wildman–Crippen LogP) is -0.437. The van der Waals surface area contributed by atoms with Crippen molar-refractivity contribution in [2.24, 2.45) is 0 Å². The molecule has 0 atom stereocenters. The van der Waals surface area contributed by atoms with Gasteiger partial charge in [-0.3, -0.25) is 0 Å². The molecule has 0 rings (SSSR count). The van der Waals surface area contributed by atoms with Gasteiger partial charge < -0.3 is 4.53 Å². The summed E-state index contributed by atoms with van der Waals surface area (Å²) in [6, 6.07) is 0. The van der Waals surface area contributed by atoms with Crippen molar-refractivity contribution in [1.29, 1.82) is 0 Å². The van der Waals surface area contributed by atoms with Crippen LogP contribution in [0.25, 0.3) is 0 Å². The van der Waals surface area contributed by atoms with E-state index < -0.39 is 0 Å². The number of hydrogen-bond donors (Lipinski definition) is 0. The van der Waals surface area contributed by atoms with E-state index >= 15 is 0 Å². The first kappa shape index (κ1) is 5.14. The van der Waals surface area contributed by atoms with Crippen LogP contribution in [-0.2, 0) is 4.53 Å². The Morgan fingerprint density at radius 2 is 1.80 bits per heavy atom. The lowest BCUT2D eigenvalue weighted by molar-refractivity contribution is 0.00678. The van der Waals surface area contributed by atoms with Gasteiger partial charge in [-0.1, -0.05) is 0 Å². The Bertz CT molecular complexity index is 23.6. The van der Waals surface area contributed by atoms with E-state index in [1.54, 1.807) is 14.1 Å². The second kappa shape index (κ2) is 2.38. The molecule has 3 radical (unpaired) electrons. The van der Waals surface area contributed by atoms with Gasteiger partial charge in [-0.15, -0.1) is 0 Å². The van der Waals surface area contributed by atoms with Crippen LogP contribution in [0.4, 0.5) is 0 Å². The summed E-state index contributed by atoms with van der Waals surface area (Å²) in [5.41, 5.74) is 0. The highest BCUT2D eigenvalue weighted by atomic mass is 28.2. The summed E-state index contributed by atoms with van der Waals surface area (Å²) in [5.74, 6) is 0. The van der Waals surface area contributed by atoms with Crippen LogP contribution in [-0.4, -0.2) is 29.6 Å². The van der Waals surface area contributed by atoms with Gasteiger partial charge in [-0.2, -0.15) is 0 Å². The summed E-state index contributed by atoms with van der Waals surface area (Å²) >= 11 is 0. The van der Waals surface area contributed by atoms with Crippen molar-refractivity contribution < 1.29 is 4.53 Å². The van der Waals surface area contributed by atoms with Crippen molar-refractivity contribution in [3.8, 4) is 0 Å². The zero-order valence-corrected chi connectivity index (χ0v) is 4.36. The van der Waals surface area contributed by atoms with Crippen LogP contribution in [0.15, 0.2) is 0 Å². The molecular weight excluding hydrogens is 82.1 g/mol. The molecule has 0 aromatic carbocycles. The molecule has 5 heavy (non-hydrogen) atoms. The minimum absolute atomic E-state index is 1.54. The fourth-order valence-corrected chi connectivity index (χ4v) is 0. The van der Waals surface area contributed by atoms with Gasteiger partial charge in [0.05, 0.1) is 0 Å². The Morgan fingerprint density at radius 3 is 1.80 bits per heavy atom. The summed E-state index contributed by atoms with van der Waals surface area (Å²) in [4.78, 5) is 0. The first-order valence-corrected chi connectivity index (χ1v) is 1.69. The molecule has 0 unspecified atom stereocenters. The standard InChI is InChI=1S/C2H6NOSi/c1-3(2)4-5/h1-2H3. The molecular formula is C2H6NOSi. The highest BCUT2D eigenvalue weighted by molar-refractivity contribution is 5.97. The second-order valence-electron chi connectivity index (χ2n) is 0.904. The van der Waals surface area contributed by atoms with Gasteiger partial charge in [-0.25, -0.2) is 5.06 Å². The summed E-state index contributed by atoms with van der Waals surface area (Å²) < 4.78 is 4.39. The molecule has 0 bridgehead atoms. The van der Waals surface area contributed by atoms with Crippen LogP contribution in [0.5, 0.6) is 0 Å². The average Bonchev–Trinajstić information content (AvgIpc) is 1.38. The molecule has 2 nitrogen and oxygen atoms in total. The fourth-order valence-electron chi connectivity index (χ4n) is 0. The molecule has 0 saturated carbocycles. The van der Waals surface area contributed by atoms with Gasteiger partial charge in [0.15, 0.2) is 0 Å². The maximum atomic E-state index is 4.39. The maximum absolute atomic E-state index is 4.39. The van der Waals surface area contributed by atoms with E-state index in [0.717, 1.165) is 0 Å². The van der Waals surface area contributed by atoms with Crippen molar-refractivity contribution >= 4 is 10.5 Å². The zero-order valence-electron chi connectivity index (χ0n) is 3.36. The topological polar surface area (TPSA) is 12.5 Å². The summed E-state index contributed by atoms with van der Waals surface area (Å²) in [5, 5.41) is 1.54. The van der Waals surface area contributed by atoms with Crippen LogP contribution in [0.2, 0.25) is 0 Å². The Kier molecular flexibility index (Phi) is 2.44. The number of rotatable bonds is 1. The molecule has 29 valence electrons. The lowest BCUT2D eigenvalue weighted by Gasteiger charge is -2.01. The minimum atomic E-state index is 1.54. The quantitative estimate of drug-likeness (QED) is 0.318. The van der Waals surface area contributed by atoms with Gasteiger partial charge in [0.1, 0.15) is 0 Å². The third kappa shape index (κ3) is 4.14. The zero-order chi connectivity index (χ0) is 4.28. The third-order valence-corrected chi connectivity index (χ3v) is 0.548. The molecule has 0 amide bonds. The molecule has 0 N–H and O–H groups in total. The average molecular weight is 88.2 g/mol. The second-order valence-corrected chi connectivity index (χ2v) is 1.09. The SMILES string of the molecule is CN(C)O[Si]. The highest BCUT2D eigenvalue weighted by Crippen LogP contribution is 1.62.